The minimum absolute atomic E-state index is 0.771. The van der Waals surface area contributed by atoms with Crippen molar-refractivity contribution < 1.29 is 4.90 Å². The lowest BCUT2D eigenvalue weighted by Crippen LogP contribution is -3.10. The smallest absolute Gasteiger partial charge is 0.125 e. The van der Waals surface area contributed by atoms with Crippen molar-refractivity contribution in [3.05, 3.63) is 75.8 Å². The van der Waals surface area contributed by atoms with E-state index in [-0.39, 0.29) is 0 Å². The van der Waals surface area contributed by atoms with E-state index in [1.165, 1.54) is 23.4 Å². The van der Waals surface area contributed by atoms with Gasteiger partial charge in [0, 0.05) is 22.9 Å². The first-order valence-electron chi connectivity index (χ1n) is 7.89. The van der Waals surface area contributed by atoms with Crippen LogP contribution in [-0.4, -0.2) is 11.5 Å². The van der Waals surface area contributed by atoms with Gasteiger partial charge in [-0.15, -0.1) is 11.3 Å². The average molecular weight is 342 g/mol. The summed E-state index contributed by atoms with van der Waals surface area (Å²) >= 11 is 7.96. The Morgan fingerprint density at radius 1 is 1.04 bits per heavy atom. The van der Waals surface area contributed by atoms with E-state index in [2.05, 4.69) is 29.6 Å². The van der Waals surface area contributed by atoms with Crippen molar-refractivity contribution in [3.8, 4) is 10.6 Å². The Morgan fingerprint density at radius 3 is 2.70 bits per heavy atom. The molecule has 1 aliphatic heterocycles. The van der Waals surface area contributed by atoms with Crippen molar-refractivity contribution >= 4 is 22.9 Å². The van der Waals surface area contributed by atoms with Crippen LogP contribution in [0.15, 0.2) is 53.9 Å². The lowest BCUT2D eigenvalue weighted by atomic mass is 10.00. The number of halogens is 1. The van der Waals surface area contributed by atoms with Crippen molar-refractivity contribution in [2.45, 2.75) is 19.5 Å². The largest absolute Gasteiger partial charge is 0.326 e. The van der Waals surface area contributed by atoms with E-state index >= 15 is 0 Å². The highest BCUT2D eigenvalue weighted by Crippen LogP contribution is 2.29. The van der Waals surface area contributed by atoms with Crippen LogP contribution in [0.1, 0.15) is 16.8 Å². The van der Waals surface area contributed by atoms with Gasteiger partial charge in [0.2, 0.25) is 0 Å². The number of aromatic nitrogens is 1. The highest BCUT2D eigenvalue weighted by molar-refractivity contribution is 7.13. The Bertz CT molecular complexity index is 827. The molecule has 0 bridgehead atoms. The molecule has 116 valence electrons. The molecule has 4 rings (SSSR count). The van der Waals surface area contributed by atoms with Gasteiger partial charge in [0.25, 0.3) is 0 Å². The molecular weight excluding hydrogens is 324 g/mol. The summed E-state index contributed by atoms with van der Waals surface area (Å²) in [5.74, 6) is 0. The topological polar surface area (TPSA) is 17.3 Å². The van der Waals surface area contributed by atoms with E-state index < -0.39 is 0 Å². The number of hydrogen-bond acceptors (Lipinski definition) is 2. The minimum atomic E-state index is 0.771. The second kappa shape index (κ2) is 6.44. The van der Waals surface area contributed by atoms with Crippen molar-refractivity contribution in [2.75, 3.05) is 6.54 Å². The molecular formula is C19H18ClN2S+. The quantitative estimate of drug-likeness (QED) is 0.770. The first-order valence-corrected chi connectivity index (χ1v) is 9.15. The summed E-state index contributed by atoms with van der Waals surface area (Å²) < 4.78 is 0. The molecule has 2 aromatic carbocycles. The Balaban J connectivity index is 1.50. The average Bonchev–Trinajstić information content (AvgIpc) is 3.03. The number of nitrogens with zero attached hydrogens (tertiary/aromatic N) is 1. The van der Waals surface area contributed by atoms with Crippen LogP contribution < -0.4 is 4.90 Å². The third kappa shape index (κ3) is 3.18. The molecule has 1 N–H and O–H groups in total. The van der Waals surface area contributed by atoms with Crippen LogP contribution in [0.2, 0.25) is 5.02 Å². The number of fused-ring (bicyclic) bond motifs is 1. The molecule has 0 amide bonds. The Labute approximate surface area is 145 Å². The molecule has 0 radical (unpaired) electrons. The fourth-order valence-corrected chi connectivity index (χ4v) is 4.34. The van der Waals surface area contributed by atoms with Crippen LogP contribution in [0, 0.1) is 0 Å². The molecule has 2 nitrogen and oxygen atoms in total. The Kier molecular flexibility index (Phi) is 4.17. The van der Waals surface area contributed by atoms with Crippen LogP contribution in [-0.2, 0) is 19.5 Å². The van der Waals surface area contributed by atoms with Gasteiger partial charge in [0.05, 0.1) is 11.6 Å². The van der Waals surface area contributed by atoms with Gasteiger partial charge < -0.3 is 4.90 Å². The first kappa shape index (κ1) is 14.9. The summed E-state index contributed by atoms with van der Waals surface area (Å²) in [7, 11) is 0. The Hall–Kier alpha value is -1.68. The predicted molar refractivity (Wildman–Crippen MR) is 95.9 cm³/mol. The molecule has 0 aliphatic carbocycles. The highest BCUT2D eigenvalue weighted by atomic mass is 35.5. The van der Waals surface area contributed by atoms with Gasteiger partial charge in [-0.1, -0.05) is 54.1 Å². The third-order valence-electron chi connectivity index (χ3n) is 4.39. The zero-order valence-electron chi connectivity index (χ0n) is 12.8. The molecule has 1 unspecified atom stereocenters. The van der Waals surface area contributed by atoms with E-state index in [4.69, 9.17) is 16.6 Å². The SMILES string of the molecule is Clc1ccccc1-c1nc(C[NH+]2CCc3ccccc3C2)cs1. The summed E-state index contributed by atoms with van der Waals surface area (Å²) in [6.45, 7) is 3.25. The number of quaternary nitrogens is 1. The number of benzene rings is 2. The summed E-state index contributed by atoms with van der Waals surface area (Å²) in [6.07, 6.45) is 1.16. The Morgan fingerprint density at radius 2 is 1.83 bits per heavy atom. The van der Waals surface area contributed by atoms with Gasteiger partial charge in [0.1, 0.15) is 23.8 Å². The van der Waals surface area contributed by atoms with Crippen molar-refractivity contribution in [3.63, 3.8) is 0 Å². The number of nitrogens with one attached hydrogen (secondary N) is 1. The van der Waals surface area contributed by atoms with E-state index in [1.54, 1.807) is 16.2 Å². The van der Waals surface area contributed by atoms with Crippen LogP contribution in [0.3, 0.4) is 0 Å². The van der Waals surface area contributed by atoms with Gasteiger partial charge >= 0.3 is 0 Å². The predicted octanol–water partition coefficient (Wildman–Crippen LogP) is 3.60. The van der Waals surface area contributed by atoms with E-state index in [9.17, 15) is 0 Å². The van der Waals surface area contributed by atoms with E-state index in [0.717, 1.165) is 35.1 Å². The summed E-state index contributed by atoms with van der Waals surface area (Å²) in [4.78, 5) is 6.39. The van der Waals surface area contributed by atoms with Crippen molar-refractivity contribution in [1.29, 1.82) is 0 Å². The maximum absolute atomic E-state index is 6.28. The van der Waals surface area contributed by atoms with Crippen molar-refractivity contribution in [2.24, 2.45) is 0 Å². The van der Waals surface area contributed by atoms with Gasteiger partial charge in [0.15, 0.2) is 0 Å². The molecule has 4 heteroatoms. The number of hydrogen-bond donors (Lipinski definition) is 1. The normalized spacial score (nSPS) is 17.0. The van der Waals surface area contributed by atoms with Crippen LogP contribution >= 0.6 is 22.9 Å². The lowest BCUT2D eigenvalue weighted by Gasteiger charge is -2.25. The standard InChI is InChI=1S/C19H17ClN2S/c20-18-8-4-3-7-17(18)19-21-16(13-23-19)12-22-10-9-14-5-1-2-6-15(14)11-22/h1-8,13H,9-12H2/p+1. The second-order valence-electron chi connectivity index (χ2n) is 6.00. The zero-order valence-corrected chi connectivity index (χ0v) is 14.3. The summed E-state index contributed by atoms with van der Waals surface area (Å²) in [5, 5.41) is 3.96. The van der Waals surface area contributed by atoms with Crippen LogP contribution in [0.25, 0.3) is 10.6 Å². The number of rotatable bonds is 3. The third-order valence-corrected chi connectivity index (χ3v) is 5.65. The lowest BCUT2D eigenvalue weighted by molar-refractivity contribution is -0.929. The summed E-state index contributed by atoms with van der Waals surface area (Å²) in [5.41, 5.74) is 5.19. The first-order chi connectivity index (χ1) is 11.3. The maximum atomic E-state index is 6.28. The summed E-state index contributed by atoms with van der Waals surface area (Å²) in [6, 6.07) is 16.7. The molecule has 0 saturated heterocycles. The van der Waals surface area contributed by atoms with Crippen molar-refractivity contribution in [1.82, 2.24) is 4.98 Å². The molecule has 0 fully saturated rings. The molecule has 0 spiro atoms. The van der Waals surface area contributed by atoms with E-state index in [0.29, 0.717) is 0 Å². The van der Waals surface area contributed by atoms with Gasteiger partial charge in [-0.05, 0) is 11.6 Å². The van der Waals surface area contributed by atoms with E-state index in [1.807, 2.05) is 24.3 Å². The minimum Gasteiger partial charge on any atom is -0.326 e. The van der Waals surface area contributed by atoms with Crippen LogP contribution in [0.5, 0.6) is 0 Å². The molecule has 1 atom stereocenters. The molecule has 23 heavy (non-hydrogen) atoms. The molecule has 0 saturated carbocycles. The van der Waals surface area contributed by atoms with Gasteiger partial charge in [-0.3, -0.25) is 0 Å². The van der Waals surface area contributed by atoms with Gasteiger partial charge in [-0.2, -0.15) is 0 Å². The zero-order chi connectivity index (χ0) is 15.6. The highest BCUT2D eigenvalue weighted by Gasteiger charge is 2.20. The maximum Gasteiger partial charge on any atom is 0.125 e. The molecule has 2 heterocycles. The monoisotopic (exact) mass is 341 g/mol. The fraction of sp³-hybridized carbons (Fsp3) is 0.211. The van der Waals surface area contributed by atoms with Crippen LogP contribution in [0.4, 0.5) is 0 Å². The second-order valence-corrected chi connectivity index (χ2v) is 7.26. The molecule has 3 aromatic rings. The fourth-order valence-electron chi connectivity index (χ4n) is 3.20. The molecule has 1 aliphatic rings. The van der Waals surface area contributed by atoms with Gasteiger partial charge in [-0.25, -0.2) is 4.98 Å². The molecule has 1 aromatic heterocycles. The number of thiazole rings is 1.